The predicted octanol–water partition coefficient (Wildman–Crippen LogP) is 9.49. The van der Waals surface area contributed by atoms with Crippen LogP contribution in [0.1, 0.15) is 0 Å². The predicted molar refractivity (Wildman–Crippen MR) is 251 cm³/mol. The smallest absolute Gasteiger partial charge is 0.0620 e. The Bertz CT molecular complexity index is 2010. The Morgan fingerprint density at radius 1 is 0.236 bits per heavy atom. The second kappa shape index (κ2) is 21.7. The van der Waals surface area contributed by atoms with Gasteiger partial charge in [-0.3, -0.25) is 0 Å². The van der Waals surface area contributed by atoms with Crippen LogP contribution in [0.4, 0.5) is 0 Å². The summed E-state index contributed by atoms with van der Waals surface area (Å²) in [6.07, 6.45) is 0. The fraction of sp³-hybridized carbons (Fsp3) is 0. The molecule has 0 aliphatic heterocycles. The van der Waals surface area contributed by atoms with Crippen LogP contribution in [0, 0.1) is 0 Å². The number of benzene rings is 8. The number of hydrogen-bond donors (Lipinski definition) is 0. The van der Waals surface area contributed by atoms with Crippen LogP contribution in [0.3, 0.4) is 0 Å². The third kappa shape index (κ3) is 11.4. The van der Waals surface area contributed by atoms with Crippen LogP contribution in [0.15, 0.2) is 243 Å². The molecule has 0 bridgehead atoms. The first kappa shape index (κ1) is 40.3. The third-order valence-corrected chi connectivity index (χ3v) is 20.4. The van der Waals surface area contributed by atoms with Crippen LogP contribution in [-0.4, -0.2) is 11.1 Å². The van der Waals surface area contributed by atoms with E-state index in [1.807, 2.05) is 0 Å². The van der Waals surface area contributed by atoms with Crippen molar-refractivity contribution < 1.29 is 21.1 Å². The van der Waals surface area contributed by atoms with Crippen LogP contribution in [0.25, 0.3) is 0 Å². The Hall–Kier alpha value is -4.35. The van der Waals surface area contributed by atoms with Crippen LogP contribution in [0.2, 0.25) is 0 Å². The summed E-state index contributed by atoms with van der Waals surface area (Å²) in [6.45, 7) is 0. The zero-order valence-corrected chi connectivity index (χ0v) is 36.5. The van der Waals surface area contributed by atoms with Gasteiger partial charge in [0.1, 0.15) is 37.1 Å². The molecule has 0 fully saturated rings. The van der Waals surface area contributed by atoms with Gasteiger partial charge in [0.05, 0.1) is 0 Å². The monoisotopic (exact) mass is 963 g/mol. The summed E-state index contributed by atoms with van der Waals surface area (Å²) in [7, 11) is -3.01. The minimum atomic E-state index is -0.989. The molecule has 0 aliphatic rings. The summed E-state index contributed by atoms with van der Waals surface area (Å²) in [6, 6.07) is 87.7. The molecule has 55 heavy (non-hydrogen) atoms. The fourth-order valence-corrected chi connectivity index (χ4v) is 18.6. The Kier molecular flexibility index (Phi) is 15.9. The minimum Gasteiger partial charge on any atom is -0.0620 e. The van der Waals surface area contributed by atoms with Crippen LogP contribution < -0.4 is 42.4 Å². The van der Waals surface area contributed by atoms with E-state index in [1.54, 1.807) is 0 Å². The fourth-order valence-electron chi connectivity index (χ4n) is 6.31. The second-order valence-electron chi connectivity index (χ2n) is 12.6. The molecule has 0 heterocycles. The topological polar surface area (TPSA) is 0 Å². The average Bonchev–Trinajstić information content (AvgIpc) is 3.27. The molecule has 0 unspecified atom stereocenters. The van der Waals surface area contributed by atoms with Gasteiger partial charge in [0.25, 0.3) is 0 Å². The molecule has 0 aromatic heterocycles. The van der Waals surface area contributed by atoms with Gasteiger partial charge in [-0.25, -0.2) is 0 Å². The number of hydrogen-bond acceptors (Lipinski definition) is 0. The van der Waals surface area contributed by atoms with Gasteiger partial charge in [0, 0.05) is 0 Å². The molecule has 0 nitrogen and oxygen atoms in total. The van der Waals surface area contributed by atoms with E-state index in [9.17, 15) is 0 Å². The van der Waals surface area contributed by atoms with Crippen molar-refractivity contribution in [1.29, 1.82) is 0 Å². The van der Waals surface area contributed by atoms with E-state index in [-0.39, 0.29) is 21.1 Å². The van der Waals surface area contributed by atoms with Crippen molar-refractivity contribution in [2.45, 2.75) is 0 Å². The van der Waals surface area contributed by atoms with Gasteiger partial charge in [-0.2, -0.15) is 0 Å². The SMILES string of the molecule is C(=[P+](c1ccccc1)c1ccccc1)[PH+](c1ccccc1)c1ccccc1.C(=[P+](c1ccccc1)c1ccccc1)[PH+](c1ccccc1)c1ccccc1.[Pt+2]. The van der Waals surface area contributed by atoms with Crippen molar-refractivity contribution in [2.75, 3.05) is 0 Å². The average molecular weight is 964 g/mol. The van der Waals surface area contributed by atoms with Gasteiger partial charge < -0.3 is 0 Å². The van der Waals surface area contributed by atoms with Gasteiger partial charge in [0.2, 0.25) is 26.2 Å². The molecule has 0 saturated carbocycles. The molecule has 0 amide bonds. The Morgan fingerprint density at radius 2 is 0.400 bits per heavy atom. The van der Waals surface area contributed by atoms with Crippen LogP contribution >= 0.6 is 30.9 Å². The quantitative estimate of drug-likeness (QED) is 0.120. The standard InChI is InChI=1S/2C25H21P2.Pt/c2*1-5-13-22(14-6-1)26(23-15-7-2-8-16-23)21-27(24-17-9-3-10-18-24)25-19-11-4-12-20-25;/h2*1-21H;/q2*+1;+2/p+2. The van der Waals surface area contributed by atoms with E-state index in [0.29, 0.717) is 0 Å². The molecule has 8 aromatic carbocycles. The number of rotatable bonds is 10. The maximum atomic E-state index is 2.65. The second-order valence-corrected chi connectivity index (χ2v) is 22.2. The third-order valence-electron chi connectivity index (χ3n) is 8.99. The van der Waals surface area contributed by atoms with E-state index in [1.165, 1.54) is 42.4 Å². The molecular formula is C50H44P4Pt+6. The van der Waals surface area contributed by atoms with Crippen molar-refractivity contribution in [3.05, 3.63) is 243 Å². The normalized spacial score (nSPS) is 10.4. The summed E-state index contributed by atoms with van der Waals surface area (Å²) >= 11 is 0. The maximum absolute atomic E-state index is 2.65. The first-order valence-electron chi connectivity index (χ1n) is 18.3. The van der Waals surface area contributed by atoms with Gasteiger partial charge in [-0.1, -0.05) is 146 Å². The Labute approximate surface area is 345 Å². The molecule has 0 spiro atoms. The van der Waals surface area contributed by atoms with Crippen LogP contribution in [0.5, 0.6) is 0 Å². The molecule has 0 N–H and O–H groups in total. The summed E-state index contributed by atoms with van der Waals surface area (Å²) in [5.41, 5.74) is 5.30. The van der Waals surface area contributed by atoms with E-state index in [4.69, 9.17) is 0 Å². The summed E-state index contributed by atoms with van der Waals surface area (Å²) < 4.78 is 0. The molecule has 0 aliphatic carbocycles. The van der Waals surface area contributed by atoms with E-state index in [2.05, 4.69) is 254 Å². The Morgan fingerprint density at radius 3 is 0.582 bits per heavy atom. The Balaban J connectivity index is 0.000000184. The molecule has 5 heteroatoms. The van der Waals surface area contributed by atoms with Crippen molar-refractivity contribution in [3.63, 3.8) is 0 Å². The first-order chi connectivity index (χ1) is 26.8. The molecule has 8 aromatic rings. The van der Waals surface area contributed by atoms with Gasteiger partial charge in [-0.15, -0.1) is 0 Å². The van der Waals surface area contributed by atoms with Crippen molar-refractivity contribution in [1.82, 2.24) is 0 Å². The summed E-state index contributed by atoms with van der Waals surface area (Å²) in [4.78, 5) is 0. The van der Waals surface area contributed by atoms with Crippen molar-refractivity contribution in [2.24, 2.45) is 0 Å². The van der Waals surface area contributed by atoms with E-state index in [0.717, 1.165) is 0 Å². The van der Waals surface area contributed by atoms with Gasteiger partial charge in [-0.05, 0) is 97.1 Å². The molecule has 0 saturated heterocycles. The van der Waals surface area contributed by atoms with E-state index < -0.39 is 30.9 Å². The molecule has 0 atom stereocenters. The molecular weight excluding hydrogens is 920 g/mol. The summed E-state index contributed by atoms with van der Waals surface area (Å²) in [5, 5.41) is 11.4. The zero-order chi connectivity index (χ0) is 36.6. The van der Waals surface area contributed by atoms with Gasteiger partial charge in [0.15, 0.2) is 21.2 Å². The summed E-state index contributed by atoms with van der Waals surface area (Å²) in [5.74, 6) is 0. The molecule has 0 radical (unpaired) electrons. The van der Waals surface area contributed by atoms with Crippen LogP contribution in [-0.2, 0) is 21.1 Å². The maximum Gasteiger partial charge on any atom is 2.00 e. The zero-order valence-electron chi connectivity index (χ0n) is 30.5. The minimum absolute atomic E-state index is 0. The van der Waals surface area contributed by atoms with E-state index >= 15 is 0 Å². The molecule has 8 rings (SSSR count). The first-order valence-corrected chi connectivity index (χ1v) is 24.2. The van der Waals surface area contributed by atoms with Gasteiger partial charge >= 0.3 is 21.1 Å². The van der Waals surface area contributed by atoms with Crippen molar-refractivity contribution >= 4 is 84.4 Å². The molecule has 268 valence electrons. The van der Waals surface area contributed by atoms with Crippen molar-refractivity contribution in [3.8, 4) is 0 Å². The largest absolute Gasteiger partial charge is 2.00 e.